The minimum absolute atomic E-state index is 0.104. The zero-order valence-electron chi connectivity index (χ0n) is 11.8. The Kier molecular flexibility index (Phi) is 3.56. The highest BCUT2D eigenvalue weighted by Crippen LogP contribution is 2.35. The van der Waals surface area contributed by atoms with Crippen LogP contribution in [0, 0.1) is 5.92 Å². The number of fused-ring (bicyclic) bond motifs is 1. The Hall–Kier alpha value is -1.69. The number of hydrogen-bond acceptors (Lipinski definition) is 5. The van der Waals surface area contributed by atoms with Gasteiger partial charge in [-0.05, 0) is 25.7 Å². The van der Waals surface area contributed by atoms with Crippen LogP contribution in [0.15, 0.2) is 6.33 Å². The first-order chi connectivity index (χ1) is 9.72. The first-order valence-electron chi connectivity index (χ1n) is 7.30. The number of nitrogens with two attached hydrogens (primary N) is 1. The van der Waals surface area contributed by atoms with Crippen molar-refractivity contribution in [2.45, 2.75) is 51.7 Å². The van der Waals surface area contributed by atoms with Gasteiger partial charge in [-0.2, -0.15) is 0 Å². The number of aliphatic hydroxyl groups is 1. The molecule has 1 aliphatic carbocycles. The lowest BCUT2D eigenvalue weighted by molar-refractivity contribution is 0.232. The summed E-state index contributed by atoms with van der Waals surface area (Å²) in [5.41, 5.74) is 7.20. The SMILES string of the molecule is CC(C1CCCCC1)n1c(CO)nc2c(N)ncnc21. The fourth-order valence-electron chi connectivity index (χ4n) is 3.34. The van der Waals surface area contributed by atoms with Gasteiger partial charge in [0.25, 0.3) is 0 Å². The molecule has 1 saturated carbocycles. The summed E-state index contributed by atoms with van der Waals surface area (Å²) in [6.45, 7) is 2.08. The lowest BCUT2D eigenvalue weighted by Gasteiger charge is -2.29. The summed E-state index contributed by atoms with van der Waals surface area (Å²) in [4.78, 5) is 12.7. The van der Waals surface area contributed by atoms with Gasteiger partial charge < -0.3 is 15.4 Å². The maximum absolute atomic E-state index is 9.59. The average Bonchev–Trinajstić information content (AvgIpc) is 2.87. The fourth-order valence-corrected chi connectivity index (χ4v) is 3.34. The van der Waals surface area contributed by atoms with Crippen LogP contribution in [-0.4, -0.2) is 24.6 Å². The Morgan fingerprint density at radius 2 is 2.10 bits per heavy atom. The van der Waals surface area contributed by atoms with Crippen LogP contribution in [0.3, 0.4) is 0 Å². The highest BCUT2D eigenvalue weighted by Gasteiger charge is 2.26. The molecule has 0 radical (unpaired) electrons. The summed E-state index contributed by atoms with van der Waals surface area (Å²) in [5.74, 6) is 1.62. The molecule has 0 aromatic carbocycles. The lowest BCUT2D eigenvalue weighted by atomic mass is 9.84. The Morgan fingerprint density at radius 3 is 2.80 bits per heavy atom. The predicted octanol–water partition coefficient (Wildman–Crippen LogP) is 2.04. The molecule has 1 aliphatic rings. The lowest BCUT2D eigenvalue weighted by Crippen LogP contribution is -2.21. The Bertz CT molecular complexity index is 603. The molecule has 1 unspecified atom stereocenters. The quantitative estimate of drug-likeness (QED) is 0.894. The second-order valence-corrected chi connectivity index (χ2v) is 5.63. The predicted molar refractivity (Wildman–Crippen MR) is 76.9 cm³/mol. The summed E-state index contributed by atoms with van der Waals surface area (Å²) in [7, 11) is 0. The van der Waals surface area contributed by atoms with Crippen molar-refractivity contribution in [3.05, 3.63) is 12.2 Å². The van der Waals surface area contributed by atoms with Crippen LogP contribution in [0.5, 0.6) is 0 Å². The monoisotopic (exact) mass is 275 g/mol. The van der Waals surface area contributed by atoms with Crippen molar-refractivity contribution < 1.29 is 5.11 Å². The fraction of sp³-hybridized carbons (Fsp3) is 0.643. The van der Waals surface area contributed by atoms with E-state index in [1.165, 1.54) is 38.4 Å². The third-order valence-corrected chi connectivity index (χ3v) is 4.46. The highest BCUT2D eigenvalue weighted by molar-refractivity contribution is 5.81. The van der Waals surface area contributed by atoms with Crippen molar-refractivity contribution in [1.82, 2.24) is 19.5 Å². The molecule has 0 amide bonds. The molecule has 2 aromatic rings. The topological polar surface area (TPSA) is 89.8 Å². The van der Waals surface area contributed by atoms with Crippen LogP contribution in [0.2, 0.25) is 0 Å². The summed E-state index contributed by atoms with van der Waals surface area (Å²) >= 11 is 0. The molecule has 0 bridgehead atoms. The first-order valence-corrected chi connectivity index (χ1v) is 7.30. The number of aliphatic hydroxyl groups excluding tert-OH is 1. The van der Waals surface area contributed by atoms with Crippen LogP contribution in [0.1, 0.15) is 50.9 Å². The van der Waals surface area contributed by atoms with Crippen LogP contribution in [-0.2, 0) is 6.61 Å². The van der Waals surface area contributed by atoms with Gasteiger partial charge in [0.1, 0.15) is 18.8 Å². The number of hydrogen-bond donors (Lipinski definition) is 2. The van der Waals surface area contributed by atoms with Gasteiger partial charge in [0.15, 0.2) is 17.0 Å². The van der Waals surface area contributed by atoms with Crippen LogP contribution in [0.25, 0.3) is 11.2 Å². The summed E-state index contributed by atoms with van der Waals surface area (Å²) in [6.07, 6.45) is 7.82. The minimum atomic E-state index is -0.104. The third-order valence-electron chi connectivity index (χ3n) is 4.46. The molecule has 6 nitrogen and oxygen atoms in total. The van der Waals surface area contributed by atoms with Crippen LogP contribution in [0.4, 0.5) is 5.82 Å². The third kappa shape index (κ3) is 2.14. The van der Waals surface area contributed by atoms with E-state index in [4.69, 9.17) is 5.73 Å². The van der Waals surface area contributed by atoms with Crippen molar-refractivity contribution in [2.24, 2.45) is 5.92 Å². The smallest absolute Gasteiger partial charge is 0.165 e. The van der Waals surface area contributed by atoms with Crippen molar-refractivity contribution in [1.29, 1.82) is 0 Å². The van der Waals surface area contributed by atoms with Gasteiger partial charge in [-0.3, -0.25) is 0 Å². The molecule has 1 fully saturated rings. The molecule has 3 rings (SSSR count). The van der Waals surface area contributed by atoms with E-state index in [0.717, 1.165) is 5.65 Å². The van der Waals surface area contributed by atoms with E-state index in [9.17, 15) is 5.11 Å². The molecule has 0 spiro atoms. The highest BCUT2D eigenvalue weighted by atomic mass is 16.3. The molecule has 0 aliphatic heterocycles. The van der Waals surface area contributed by atoms with Crippen molar-refractivity contribution >= 4 is 17.0 Å². The van der Waals surface area contributed by atoms with Gasteiger partial charge in [-0.15, -0.1) is 0 Å². The van der Waals surface area contributed by atoms with Gasteiger partial charge in [0, 0.05) is 6.04 Å². The van der Waals surface area contributed by atoms with E-state index in [1.54, 1.807) is 0 Å². The maximum Gasteiger partial charge on any atom is 0.165 e. The van der Waals surface area contributed by atoms with E-state index in [0.29, 0.717) is 23.1 Å². The molecule has 0 saturated heterocycles. The molecule has 108 valence electrons. The molecule has 2 heterocycles. The normalized spacial score (nSPS) is 18.5. The van der Waals surface area contributed by atoms with E-state index in [-0.39, 0.29) is 12.6 Å². The van der Waals surface area contributed by atoms with Gasteiger partial charge in [-0.25, -0.2) is 15.0 Å². The standard InChI is InChI=1S/C14H21N5O/c1-9(10-5-3-2-4-6-10)19-11(7-20)18-12-13(15)16-8-17-14(12)19/h8-10,20H,2-7H2,1H3,(H2,15,16,17). The number of nitrogen functional groups attached to an aromatic ring is 1. The van der Waals surface area contributed by atoms with Gasteiger partial charge >= 0.3 is 0 Å². The molecule has 2 aromatic heterocycles. The molecular weight excluding hydrogens is 254 g/mol. The Morgan fingerprint density at radius 1 is 1.35 bits per heavy atom. The second-order valence-electron chi connectivity index (χ2n) is 5.63. The van der Waals surface area contributed by atoms with Gasteiger partial charge in [0.05, 0.1) is 0 Å². The number of imidazole rings is 1. The number of rotatable bonds is 3. The summed E-state index contributed by atoms with van der Waals surface area (Å²) < 4.78 is 2.04. The van der Waals surface area contributed by atoms with Crippen LogP contribution < -0.4 is 5.73 Å². The second kappa shape index (κ2) is 5.36. The van der Waals surface area contributed by atoms with Crippen molar-refractivity contribution in [3.63, 3.8) is 0 Å². The van der Waals surface area contributed by atoms with Gasteiger partial charge in [0.2, 0.25) is 0 Å². The molecule has 20 heavy (non-hydrogen) atoms. The van der Waals surface area contributed by atoms with Crippen molar-refractivity contribution in [3.8, 4) is 0 Å². The van der Waals surface area contributed by atoms with E-state index >= 15 is 0 Å². The maximum atomic E-state index is 9.59. The molecule has 6 heteroatoms. The number of aromatic nitrogens is 4. The Labute approximate surface area is 118 Å². The van der Waals surface area contributed by atoms with Gasteiger partial charge in [-0.1, -0.05) is 19.3 Å². The zero-order chi connectivity index (χ0) is 14.1. The number of anilines is 1. The first kappa shape index (κ1) is 13.3. The van der Waals surface area contributed by atoms with E-state index in [1.807, 2.05) is 4.57 Å². The average molecular weight is 275 g/mol. The minimum Gasteiger partial charge on any atom is -0.388 e. The molecule has 3 N–H and O–H groups in total. The summed E-state index contributed by atoms with van der Waals surface area (Å²) in [5, 5.41) is 9.59. The van der Waals surface area contributed by atoms with E-state index in [2.05, 4.69) is 21.9 Å². The summed E-state index contributed by atoms with van der Waals surface area (Å²) in [6, 6.07) is 0.275. The van der Waals surface area contributed by atoms with E-state index < -0.39 is 0 Å². The molecular formula is C14H21N5O. The Balaban J connectivity index is 2.06. The zero-order valence-corrected chi connectivity index (χ0v) is 11.8. The van der Waals surface area contributed by atoms with Crippen molar-refractivity contribution in [2.75, 3.05) is 5.73 Å². The largest absolute Gasteiger partial charge is 0.388 e. The molecule has 1 atom stereocenters. The number of nitrogens with zero attached hydrogens (tertiary/aromatic N) is 4. The van der Waals surface area contributed by atoms with Crippen LogP contribution >= 0.6 is 0 Å².